The summed E-state index contributed by atoms with van der Waals surface area (Å²) in [7, 11) is 1.70. The smallest absolute Gasteiger partial charge is 0.119 e. The Hall–Kier alpha value is -1.45. The molecule has 0 aliphatic heterocycles. The second-order valence-corrected chi connectivity index (χ2v) is 6.41. The van der Waals surface area contributed by atoms with Gasteiger partial charge in [-0.25, -0.2) is 0 Å². The lowest BCUT2D eigenvalue weighted by Gasteiger charge is -2.30. The van der Waals surface area contributed by atoms with E-state index in [1.54, 1.807) is 7.11 Å². The summed E-state index contributed by atoms with van der Waals surface area (Å²) in [6.45, 7) is 0. The number of hydrogen-bond acceptors (Lipinski definition) is 3. The molecule has 0 amide bonds. The molecule has 2 N–H and O–H groups in total. The van der Waals surface area contributed by atoms with E-state index < -0.39 is 0 Å². The van der Waals surface area contributed by atoms with Gasteiger partial charge < -0.3 is 10.5 Å². The molecule has 3 rings (SSSR count). The third kappa shape index (κ3) is 2.69. The third-order valence-electron chi connectivity index (χ3n) is 3.84. The number of aryl methyl sites for hydroxylation is 1. The third-order valence-corrected chi connectivity index (χ3v) is 5.20. The van der Waals surface area contributed by atoms with Crippen LogP contribution in [-0.4, -0.2) is 12.4 Å². The topological polar surface area (TPSA) is 35.2 Å². The Morgan fingerprint density at radius 2 is 2.00 bits per heavy atom. The number of ether oxygens (including phenoxy) is 1. The van der Waals surface area contributed by atoms with Crippen molar-refractivity contribution in [1.29, 1.82) is 0 Å². The minimum atomic E-state index is 0.108. The average molecular weight is 285 g/mol. The van der Waals surface area contributed by atoms with Crippen LogP contribution in [-0.2, 0) is 6.42 Å². The van der Waals surface area contributed by atoms with Crippen LogP contribution in [0, 0.1) is 0 Å². The van der Waals surface area contributed by atoms with E-state index >= 15 is 0 Å². The van der Waals surface area contributed by atoms with Crippen LogP contribution in [0.4, 0.5) is 0 Å². The van der Waals surface area contributed by atoms with Crippen molar-refractivity contribution in [2.75, 3.05) is 7.11 Å². The summed E-state index contributed by atoms with van der Waals surface area (Å²) in [4.78, 5) is 1.23. The summed E-state index contributed by atoms with van der Waals surface area (Å²) >= 11 is 1.86. The molecule has 0 aromatic heterocycles. The van der Waals surface area contributed by atoms with E-state index in [1.807, 2.05) is 23.9 Å². The van der Waals surface area contributed by atoms with E-state index in [2.05, 4.69) is 36.4 Å². The highest BCUT2D eigenvalue weighted by Gasteiger charge is 2.27. The number of nitrogens with two attached hydrogens (primary N) is 1. The van der Waals surface area contributed by atoms with E-state index in [-0.39, 0.29) is 6.04 Å². The standard InChI is InChI=1S/C17H19NOS/c1-19-13-6-4-7-14(11-13)20-16-10-9-12-5-2-3-8-15(12)17(16)18/h2-8,11,16-17H,9-10,18H2,1H3. The van der Waals surface area contributed by atoms with Crippen molar-refractivity contribution in [2.45, 2.75) is 29.0 Å². The molecule has 0 radical (unpaired) electrons. The maximum absolute atomic E-state index is 6.46. The van der Waals surface area contributed by atoms with Gasteiger partial charge in [0.05, 0.1) is 7.11 Å². The molecule has 2 aromatic carbocycles. The quantitative estimate of drug-likeness (QED) is 0.931. The number of benzene rings is 2. The van der Waals surface area contributed by atoms with E-state index in [4.69, 9.17) is 10.5 Å². The second kappa shape index (κ2) is 5.90. The van der Waals surface area contributed by atoms with Gasteiger partial charge in [0.2, 0.25) is 0 Å². The van der Waals surface area contributed by atoms with Gasteiger partial charge in [-0.2, -0.15) is 0 Å². The van der Waals surface area contributed by atoms with E-state index in [0.29, 0.717) is 5.25 Å². The fourth-order valence-electron chi connectivity index (χ4n) is 2.75. The summed E-state index contributed by atoms with van der Waals surface area (Å²) in [6, 6.07) is 16.9. The van der Waals surface area contributed by atoms with Gasteiger partial charge in [-0.1, -0.05) is 30.3 Å². The van der Waals surface area contributed by atoms with E-state index in [9.17, 15) is 0 Å². The highest BCUT2D eigenvalue weighted by atomic mass is 32.2. The Morgan fingerprint density at radius 1 is 1.15 bits per heavy atom. The molecule has 2 nitrogen and oxygen atoms in total. The van der Waals surface area contributed by atoms with Crippen LogP contribution < -0.4 is 10.5 Å². The number of methoxy groups -OCH3 is 1. The van der Waals surface area contributed by atoms with Gasteiger partial charge in [-0.3, -0.25) is 0 Å². The van der Waals surface area contributed by atoms with Crippen LogP contribution in [0.25, 0.3) is 0 Å². The normalized spacial score (nSPS) is 21.3. The monoisotopic (exact) mass is 285 g/mol. The molecule has 0 bridgehead atoms. The van der Waals surface area contributed by atoms with Gasteiger partial charge in [0.1, 0.15) is 5.75 Å². The number of thioether (sulfide) groups is 1. The minimum Gasteiger partial charge on any atom is -0.497 e. The fourth-order valence-corrected chi connectivity index (χ4v) is 3.97. The van der Waals surface area contributed by atoms with Crippen molar-refractivity contribution in [3.63, 3.8) is 0 Å². The van der Waals surface area contributed by atoms with Gasteiger partial charge >= 0.3 is 0 Å². The molecular weight excluding hydrogens is 266 g/mol. The van der Waals surface area contributed by atoms with E-state index in [1.165, 1.54) is 16.0 Å². The molecule has 0 saturated heterocycles. The van der Waals surface area contributed by atoms with Crippen LogP contribution in [0.2, 0.25) is 0 Å². The predicted octanol–water partition coefficient (Wildman–Crippen LogP) is 3.80. The largest absolute Gasteiger partial charge is 0.497 e. The number of hydrogen-bond donors (Lipinski definition) is 1. The van der Waals surface area contributed by atoms with Crippen LogP contribution in [0.5, 0.6) is 5.75 Å². The Balaban J connectivity index is 1.79. The van der Waals surface area contributed by atoms with Crippen LogP contribution in [0.15, 0.2) is 53.4 Å². The zero-order valence-electron chi connectivity index (χ0n) is 11.6. The fraction of sp³-hybridized carbons (Fsp3) is 0.294. The number of rotatable bonds is 3. The second-order valence-electron chi connectivity index (χ2n) is 5.10. The molecule has 2 atom stereocenters. The Bertz CT molecular complexity index is 599. The van der Waals surface area contributed by atoms with Gasteiger partial charge in [0, 0.05) is 16.2 Å². The van der Waals surface area contributed by atoms with Crippen LogP contribution in [0.1, 0.15) is 23.6 Å². The van der Waals surface area contributed by atoms with E-state index in [0.717, 1.165) is 18.6 Å². The SMILES string of the molecule is COc1cccc(SC2CCc3ccccc3C2N)c1. The molecule has 0 fully saturated rings. The first-order chi connectivity index (χ1) is 9.78. The lowest BCUT2D eigenvalue weighted by atomic mass is 9.88. The Kier molecular flexibility index (Phi) is 3.99. The van der Waals surface area contributed by atoms with Crippen molar-refractivity contribution in [1.82, 2.24) is 0 Å². The summed E-state index contributed by atoms with van der Waals surface area (Å²) in [5.74, 6) is 0.903. The first kappa shape index (κ1) is 13.5. The molecule has 1 aliphatic carbocycles. The number of fused-ring (bicyclic) bond motifs is 1. The lowest BCUT2D eigenvalue weighted by molar-refractivity contribution is 0.413. The van der Waals surface area contributed by atoms with Crippen molar-refractivity contribution in [3.05, 3.63) is 59.7 Å². The Labute approximate surface area is 124 Å². The summed E-state index contributed by atoms with van der Waals surface area (Å²) in [5, 5.41) is 0.428. The molecule has 2 unspecified atom stereocenters. The summed E-state index contributed by atoms with van der Waals surface area (Å²) in [6.07, 6.45) is 2.24. The predicted molar refractivity (Wildman–Crippen MR) is 84.3 cm³/mol. The molecular formula is C17H19NOS. The molecule has 0 spiro atoms. The Morgan fingerprint density at radius 3 is 2.85 bits per heavy atom. The summed E-state index contributed by atoms with van der Waals surface area (Å²) < 4.78 is 5.28. The minimum absolute atomic E-state index is 0.108. The molecule has 1 aliphatic rings. The average Bonchev–Trinajstić information content (AvgIpc) is 2.50. The van der Waals surface area contributed by atoms with Crippen LogP contribution in [0.3, 0.4) is 0 Å². The van der Waals surface area contributed by atoms with Crippen molar-refractivity contribution < 1.29 is 4.74 Å². The zero-order chi connectivity index (χ0) is 13.9. The highest BCUT2D eigenvalue weighted by Crippen LogP contribution is 2.39. The van der Waals surface area contributed by atoms with Gasteiger partial charge in [0.25, 0.3) is 0 Å². The summed E-state index contributed by atoms with van der Waals surface area (Å²) in [5.41, 5.74) is 9.17. The highest BCUT2D eigenvalue weighted by molar-refractivity contribution is 8.00. The van der Waals surface area contributed by atoms with Crippen molar-refractivity contribution in [3.8, 4) is 5.75 Å². The van der Waals surface area contributed by atoms with Gasteiger partial charge in [-0.15, -0.1) is 11.8 Å². The van der Waals surface area contributed by atoms with Crippen molar-refractivity contribution >= 4 is 11.8 Å². The molecule has 2 aromatic rings. The van der Waals surface area contributed by atoms with Gasteiger partial charge in [-0.05, 0) is 42.2 Å². The lowest BCUT2D eigenvalue weighted by Crippen LogP contribution is -2.29. The molecule has 0 heterocycles. The molecule has 104 valence electrons. The maximum Gasteiger partial charge on any atom is 0.119 e. The van der Waals surface area contributed by atoms with Crippen molar-refractivity contribution in [2.24, 2.45) is 5.73 Å². The van der Waals surface area contributed by atoms with Gasteiger partial charge in [0.15, 0.2) is 0 Å². The molecule has 3 heteroatoms. The van der Waals surface area contributed by atoms with Crippen LogP contribution >= 0.6 is 11.8 Å². The maximum atomic E-state index is 6.46. The molecule has 0 saturated carbocycles. The molecule has 20 heavy (non-hydrogen) atoms. The first-order valence-corrected chi connectivity index (χ1v) is 7.80. The first-order valence-electron chi connectivity index (χ1n) is 6.92. The zero-order valence-corrected chi connectivity index (χ0v) is 12.4.